The Labute approximate surface area is 162 Å². The molecule has 0 saturated carbocycles. The Morgan fingerprint density at radius 1 is 1.04 bits per heavy atom. The fraction of sp³-hybridized carbons (Fsp3) is 0.143. The molecule has 136 valence electrons. The molecule has 3 aromatic rings. The van der Waals surface area contributed by atoms with Crippen molar-refractivity contribution in [3.8, 4) is 0 Å². The number of hydrogen-bond donors (Lipinski definition) is 3. The number of pyridine rings is 1. The van der Waals surface area contributed by atoms with Crippen LogP contribution in [0, 0.1) is 0 Å². The van der Waals surface area contributed by atoms with Crippen molar-refractivity contribution >= 4 is 34.7 Å². The van der Waals surface area contributed by atoms with Gasteiger partial charge in [-0.15, -0.1) is 0 Å². The molecule has 4 N–H and O–H groups in total. The van der Waals surface area contributed by atoms with Crippen molar-refractivity contribution in [2.75, 3.05) is 11.1 Å². The monoisotopic (exact) mass is 378 g/mol. The first-order valence-electron chi connectivity index (χ1n) is 8.75. The largest absolute Gasteiger partial charge is 0.384 e. The average molecular weight is 379 g/mol. The van der Waals surface area contributed by atoms with Crippen LogP contribution in [0.4, 0.5) is 17.2 Å². The molecule has 0 aliphatic heterocycles. The van der Waals surface area contributed by atoms with Crippen LogP contribution < -0.4 is 16.4 Å². The Kier molecular flexibility index (Phi) is 4.69. The van der Waals surface area contributed by atoms with E-state index in [-0.39, 0.29) is 23.5 Å². The first kappa shape index (κ1) is 17.4. The number of fused-ring (bicyclic) bond motifs is 1. The Bertz CT molecular complexity index is 980. The van der Waals surface area contributed by atoms with E-state index in [2.05, 4.69) is 27.8 Å². The standard InChI is InChI=1S/C21H19ClN4O/c22-17-7-3-4-8-18(17)24-16-11-19(26-20(23)12-16)21(27)25-15-9-13-5-1-2-6-14(13)10-15/h1-8,11-12,15H,9-10H2,(H,25,27)(H3,23,24,26). The van der Waals surface area contributed by atoms with Gasteiger partial charge in [-0.2, -0.15) is 0 Å². The minimum Gasteiger partial charge on any atom is -0.384 e. The minimum absolute atomic E-state index is 0.0677. The second kappa shape index (κ2) is 7.29. The third-order valence-electron chi connectivity index (χ3n) is 4.62. The van der Waals surface area contributed by atoms with E-state index >= 15 is 0 Å². The molecule has 0 saturated heterocycles. The van der Waals surface area contributed by atoms with Crippen molar-refractivity contribution in [3.63, 3.8) is 0 Å². The highest BCUT2D eigenvalue weighted by atomic mass is 35.5. The quantitative estimate of drug-likeness (QED) is 0.642. The van der Waals surface area contributed by atoms with Gasteiger partial charge in [-0.05, 0) is 42.2 Å². The maximum absolute atomic E-state index is 12.7. The summed E-state index contributed by atoms with van der Waals surface area (Å²) in [5.41, 5.74) is 10.1. The molecule has 2 aromatic carbocycles. The molecular formula is C21H19ClN4O. The molecule has 0 fully saturated rings. The lowest BCUT2D eigenvalue weighted by Crippen LogP contribution is -2.35. The molecule has 0 spiro atoms. The maximum Gasteiger partial charge on any atom is 0.270 e. The summed E-state index contributed by atoms with van der Waals surface area (Å²) in [5, 5.41) is 6.83. The zero-order valence-corrected chi connectivity index (χ0v) is 15.3. The van der Waals surface area contributed by atoms with E-state index < -0.39 is 0 Å². The van der Waals surface area contributed by atoms with Crippen molar-refractivity contribution in [1.29, 1.82) is 0 Å². The summed E-state index contributed by atoms with van der Waals surface area (Å²) in [6, 6.07) is 19.0. The number of aromatic nitrogens is 1. The van der Waals surface area contributed by atoms with Crippen molar-refractivity contribution in [2.24, 2.45) is 0 Å². The number of halogens is 1. The van der Waals surface area contributed by atoms with Crippen molar-refractivity contribution < 1.29 is 4.79 Å². The minimum atomic E-state index is -0.234. The second-order valence-electron chi connectivity index (χ2n) is 6.62. The second-order valence-corrected chi connectivity index (χ2v) is 7.03. The van der Waals surface area contributed by atoms with Gasteiger partial charge < -0.3 is 16.4 Å². The lowest BCUT2D eigenvalue weighted by molar-refractivity contribution is 0.0933. The molecule has 0 bridgehead atoms. The van der Waals surface area contributed by atoms with Gasteiger partial charge in [-0.25, -0.2) is 4.98 Å². The number of amides is 1. The van der Waals surface area contributed by atoms with E-state index in [0.717, 1.165) is 18.5 Å². The molecule has 1 amide bonds. The smallest absolute Gasteiger partial charge is 0.270 e. The molecule has 0 radical (unpaired) electrons. The van der Waals surface area contributed by atoms with Crippen molar-refractivity contribution in [1.82, 2.24) is 10.3 Å². The van der Waals surface area contributed by atoms with Crippen LogP contribution in [0.15, 0.2) is 60.7 Å². The highest BCUT2D eigenvalue weighted by Gasteiger charge is 2.23. The third-order valence-corrected chi connectivity index (χ3v) is 4.95. The molecule has 4 rings (SSSR count). The Balaban J connectivity index is 1.50. The number of anilines is 3. The van der Waals surface area contributed by atoms with Gasteiger partial charge in [0, 0.05) is 17.8 Å². The average Bonchev–Trinajstić information content (AvgIpc) is 3.05. The number of carbonyl (C=O) groups excluding carboxylic acids is 1. The molecule has 6 heteroatoms. The topological polar surface area (TPSA) is 80.0 Å². The number of nitrogens with zero attached hydrogens (tertiary/aromatic N) is 1. The summed E-state index contributed by atoms with van der Waals surface area (Å²) in [6.07, 6.45) is 1.66. The highest BCUT2D eigenvalue weighted by Crippen LogP contribution is 2.26. The maximum atomic E-state index is 12.7. The van der Waals surface area contributed by atoms with E-state index in [4.69, 9.17) is 17.3 Å². The van der Waals surface area contributed by atoms with Gasteiger partial charge in [0.05, 0.1) is 10.7 Å². The predicted octanol–water partition coefficient (Wildman–Crippen LogP) is 3.96. The molecule has 0 atom stereocenters. The number of nitrogens with one attached hydrogen (secondary N) is 2. The van der Waals surface area contributed by atoms with Crippen LogP contribution in [-0.4, -0.2) is 16.9 Å². The summed E-state index contributed by atoms with van der Waals surface area (Å²) in [4.78, 5) is 16.9. The van der Waals surface area contributed by atoms with Crippen LogP contribution in [0.5, 0.6) is 0 Å². The number of nitrogens with two attached hydrogens (primary N) is 1. The Morgan fingerprint density at radius 2 is 1.70 bits per heavy atom. The van der Waals surface area contributed by atoms with Gasteiger partial charge in [-0.3, -0.25) is 4.79 Å². The van der Waals surface area contributed by atoms with Crippen LogP contribution in [0.2, 0.25) is 5.02 Å². The zero-order valence-electron chi connectivity index (χ0n) is 14.6. The Morgan fingerprint density at radius 3 is 2.41 bits per heavy atom. The van der Waals surface area contributed by atoms with Crippen LogP contribution >= 0.6 is 11.6 Å². The number of benzene rings is 2. The molecule has 1 aliphatic rings. The van der Waals surface area contributed by atoms with Gasteiger partial charge in [0.1, 0.15) is 11.5 Å². The number of hydrogen-bond acceptors (Lipinski definition) is 4. The molecule has 1 heterocycles. The molecule has 5 nitrogen and oxygen atoms in total. The van der Waals surface area contributed by atoms with Gasteiger partial charge in [-0.1, -0.05) is 48.0 Å². The Hall–Kier alpha value is -3.05. The van der Waals surface area contributed by atoms with Gasteiger partial charge in [0.15, 0.2) is 0 Å². The summed E-state index contributed by atoms with van der Waals surface area (Å²) >= 11 is 6.19. The highest BCUT2D eigenvalue weighted by molar-refractivity contribution is 6.33. The van der Waals surface area contributed by atoms with E-state index in [0.29, 0.717) is 10.7 Å². The normalized spacial score (nSPS) is 13.2. The first-order valence-corrected chi connectivity index (χ1v) is 9.13. The summed E-state index contributed by atoms with van der Waals surface area (Å²) in [6.45, 7) is 0. The van der Waals surface area contributed by atoms with E-state index in [1.165, 1.54) is 11.1 Å². The number of nitrogen functional groups attached to an aromatic ring is 1. The lowest BCUT2D eigenvalue weighted by atomic mass is 10.1. The number of carbonyl (C=O) groups is 1. The summed E-state index contributed by atoms with van der Waals surface area (Å²) in [5.74, 6) is 0.0363. The fourth-order valence-corrected chi connectivity index (χ4v) is 3.56. The van der Waals surface area contributed by atoms with E-state index in [1.807, 2.05) is 30.3 Å². The van der Waals surface area contributed by atoms with Crippen LogP contribution in [0.25, 0.3) is 0 Å². The lowest BCUT2D eigenvalue weighted by Gasteiger charge is -2.14. The van der Waals surface area contributed by atoms with Crippen molar-refractivity contribution in [3.05, 3.63) is 82.5 Å². The number of para-hydroxylation sites is 1. The molecule has 0 unspecified atom stereocenters. The molecule has 1 aliphatic carbocycles. The van der Waals surface area contributed by atoms with E-state index in [1.54, 1.807) is 18.2 Å². The van der Waals surface area contributed by atoms with Crippen LogP contribution in [0.1, 0.15) is 21.6 Å². The molecular weight excluding hydrogens is 360 g/mol. The third kappa shape index (κ3) is 3.88. The van der Waals surface area contributed by atoms with Gasteiger partial charge >= 0.3 is 0 Å². The zero-order chi connectivity index (χ0) is 18.8. The first-order chi connectivity index (χ1) is 13.1. The number of rotatable bonds is 4. The fourth-order valence-electron chi connectivity index (χ4n) is 3.38. The van der Waals surface area contributed by atoms with Gasteiger partial charge in [0.25, 0.3) is 5.91 Å². The SMILES string of the molecule is Nc1cc(Nc2ccccc2Cl)cc(C(=O)NC2Cc3ccccc3C2)n1. The predicted molar refractivity (Wildman–Crippen MR) is 108 cm³/mol. The van der Waals surface area contributed by atoms with E-state index in [9.17, 15) is 4.79 Å². The summed E-state index contributed by atoms with van der Waals surface area (Å²) < 4.78 is 0. The molecule has 27 heavy (non-hydrogen) atoms. The van der Waals surface area contributed by atoms with Crippen molar-refractivity contribution in [2.45, 2.75) is 18.9 Å². The van der Waals surface area contributed by atoms with Crippen LogP contribution in [0.3, 0.4) is 0 Å². The van der Waals surface area contributed by atoms with Gasteiger partial charge in [0.2, 0.25) is 0 Å². The summed E-state index contributed by atoms with van der Waals surface area (Å²) in [7, 11) is 0. The molecule has 1 aromatic heterocycles. The van der Waals surface area contributed by atoms with Crippen LogP contribution in [-0.2, 0) is 12.8 Å².